The molecule has 19 heavy (non-hydrogen) atoms. The third kappa shape index (κ3) is 1.64. The van der Waals surface area contributed by atoms with E-state index in [4.69, 9.17) is 4.42 Å². The van der Waals surface area contributed by atoms with Gasteiger partial charge in [0.05, 0.1) is 4.47 Å². The van der Waals surface area contributed by atoms with Crippen LogP contribution in [0.5, 0.6) is 17.2 Å². The molecule has 3 aromatic rings. The van der Waals surface area contributed by atoms with E-state index in [9.17, 15) is 20.1 Å². The molecule has 0 spiro atoms. The number of fused-ring (bicyclic) bond motifs is 2. The molecular formula is C13H7BrO5. The fourth-order valence-electron chi connectivity index (χ4n) is 2.00. The summed E-state index contributed by atoms with van der Waals surface area (Å²) in [5.74, 6) is -0.852. The first kappa shape index (κ1) is 11.9. The number of halogens is 1. The van der Waals surface area contributed by atoms with Crippen LogP contribution in [0, 0.1) is 0 Å². The van der Waals surface area contributed by atoms with Crippen molar-refractivity contribution in [1.82, 2.24) is 0 Å². The third-order valence-corrected chi connectivity index (χ3v) is 3.44. The first-order valence-corrected chi connectivity index (χ1v) is 6.08. The Morgan fingerprint density at radius 1 is 1.00 bits per heavy atom. The third-order valence-electron chi connectivity index (χ3n) is 2.82. The monoisotopic (exact) mass is 322 g/mol. The van der Waals surface area contributed by atoms with E-state index in [1.54, 1.807) is 0 Å². The number of aromatic hydroxyl groups is 3. The maximum atomic E-state index is 12.3. The minimum atomic E-state index is -0.562. The molecule has 0 amide bonds. The Morgan fingerprint density at radius 3 is 2.47 bits per heavy atom. The molecule has 0 unspecified atom stereocenters. The van der Waals surface area contributed by atoms with Gasteiger partial charge >= 0.3 is 0 Å². The first-order chi connectivity index (χ1) is 8.99. The highest BCUT2D eigenvalue weighted by molar-refractivity contribution is 9.10. The van der Waals surface area contributed by atoms with Gasteiger partial charge in [0.1, 0.15) is 33.6 Å². The second kappa shape index (κ2) is 3.89. The van der Waals surface area contributed by atoms with Gasteiger partial charge in [-0.3, -0.25) is 4.79 Å². The maximum absolute atomic E-state index is 12.3. The topological polar surface area (TPSA) is 90.9 Å². The summed E-state index contributed by atoms with van der Waals surface area (Å²) in [4.78, 5) is 12.3. The number of hydrogen-bond acceptors (Lipinski definition) is 5. The fourth-order valence-corrected chi connectivity index (χ4v) is 2.41. The van der Waals surface area contributed by atoms with Crippen LogP contribution in [0.2, 0.25) is 0 Å². The van der Waals surface area contributed by atoms with Crippen LogP contribution in [-0.4, -0.2) is 15.3 Å². The van der Waals surface area contributed by atoms with Crippen LogP contribution in [0.4, 0.5) is 0 Å². The van der Waals surface area contributed by atoms with Gasteiger partial charge in [-0.15, -0.1) is 0 Å². The average Bonchev–Trinajstić information content (AvgIpc) is 2.32. The predicted molar refractivity (Wildman–Crippen MR) is 72.7 cm³/mol. The van der Waals surface area contributed by atoms with Crippen LogP contribution in [0.15, 0.2) is 37.9 Å². The molecule has 6 heteroatoms. The highest BCUT2D eigenvalue weighted by Crippen LogP contribution is 2.34. The van der Waals surface area contributed by atoms with Gasteiger partial charge in [0.2, 0.25) is 5.43 Å². The number of phenolic OH excluding ortho intramolecular Hbond substituents is 3. The van der Waals surface area contributed by atoms with Crippen molar-refractivity contribution in [1.29, 1.82) is 0 Å². The molecule has 0 fully saturated rings. The van der Waals surface area contributed by atoms with E-state index < -0.39 is 11.2 Å². The lowest BCUT2D eigenvalue weighted by molar-refractivity contribution is 0.453. The summed E-state index contributed by atoms with van der Waals surface area (Å²) < 4.78 is 5.96. The van der Waals surface area contributed by atoms with Gasteiger partial charge in [-0.25, -0.2) is 0 Å². The van der Waals surface area contributed by atoms with Gasteiger partial charge in [-0.2, -0.15) is 0 Å². The molecule has 3 N–H and O–H groups in total. The second-order valence-electron chi connectivity index (χ2n) is 4.04. The van der Waals surface area contributed by atoms with E-state index in [1.165, 1.54) is 18.2 Å². The minimum Gasteiger partial charge on any atom is -0.508 e. The molecule has 0 atom stereocenters. The van der Waals surface area contributed by atoms with Gasteiger partial charge < -0.3 is 19.7 Å². The normalized spacial score (nSPS) is 11.2. The van der Waals surface area contributed by atoms with E-state index in [1.807, 2.05) is 0 Å². The highest BCUT2D eigenvalue weighted by Gasteiger charge is 2.17. The number of phenols is 3. The smallest absolute Gasteiger partial charge is 0.208 e. The molecule has 0 bridgehead atoms. The van der Waals surface area contributed by atoms with Crippen molar-refractivity contribution in [3.63, 3.8) is 0 Å². The van der Waals surface area contributed by atoms with E-state index >= 15 is 0 Å². The van der Waals surface area contributed by atoms with E-state index in [-0.39, 0.29) is 33.4 Å². The Hall–Kier alpha value is -2.21. The average molecular weight is 323 g/mol. The van der Waals surface area contributed by atoms with Crippen molar-refractivity contribution in [2.45, 2.75) is 0 Å². The van der Waals surface area contributed by atoms with Crippen LogP contribution >= 0.6 is 15.9 Å². The molecule has 0 radical (unpaired) electrons. The minimum absolute atomic E-state index is 0.0251. The largest absolute Gasteiger partial charge is 0.508 e. The molecule has 1 aromatic heterocycles. The summed E-state index contributed by atoms with van der Waals surface area (Å²) in [6.07, 6.45) is 0. The highest BCUT2D eigenvalue weighted by atomic mass is 79.9. The van der Waals surface area contributed by atoms with Gasteiger partial charge in [-0.1, -0.05) is 0 Å². The summed E-state index contributed by atoms with van der Waals surface area (Å²) in [5.41, 5.74) is -0.364. The van der Waals surface area contributed by atoms with Gasteiger partial charge in [-0.05, 0) is 28.1 Å². The molecule has 0 aliphatic heterocycles. The molecule has 0 saturated carbocycles. The SMILES string of the molecule is O=c1c2c(O)cc(O)cc2oc2c(Br)ccc(O)c12. The van der Waals surface area contributed by atoms with Crippen molar-refractivity contribution < 1.29 is 19.7 Å². The summed E-state index contributed by atoms with van der Waals surface area (Å²) in [5, 5.41) is 28.8. The predicted octanol–water partition coefficient (Wildman–Crippen LogP) is 2.83. The van der Waals surface area contributed by atoms with Gasteiger partial charge in [0.25, 0.3) is 0 Å². The van der Waals surface area contributed by atoms with Gasteiger partial charge in [0.15, 0.2) is 5.58 Å². The van der Waals surface area contributed by atoms with Crippen LogP contribution in [0.3, 0.4) is 0 Å². The Morgan fingerprint density at radius 2 is 1.74 bits per heavy atom. The molecule has 0 aliphatic rings. The zero-order valence-corrected chi connectivity index (χ0v) is 10.9. The number of rotatable bonds is 0. The number of hydrogen-bond donors (Lipinski definition) is 3. The lowest BCUT2D eigenvalue weighted by atomic mass is 10.1. The molecular weight excluding hydrogens is 316 g/mol. The standard InChI is InChI=1S/C13H7BrO5/c14-6-1-2-7(16)11-12(18)10-8(17)3-5(15)4-9(10)19-13(6)11/h1-4,15-17H. The van der Waals surface area contributed by atoms with E-state index in [0.29, 0.717) is 4.47 Å². The lowest BCUT2D eigenvalue weighted by Gasteiger charge is -2.06. The Kier molecular flexibility index (Phi) is 2.43. The summed E-state index contributed by atoms with van der Waals surface area (Å²) in [6, 6.07) is 5.16. The van der Waals surface area contributed by atoms with Crippen LogP contribution in [-0.2, 0) is 0 Å². The summed E-state index contributed by atoms with van der Waals surface area (Å²) >= 11 is 3.22. The summed E-state index contributed by atoms with van der Waals surface area (Å²) in [6.45, 7) is 0. The van der Waals surface area contributed by atoms with E-state index in [2.05, 4.69) is 15.9 Å². The molecule has 0 aliphatic carbocycles. The molecule has 3 rings (SSSR count). The Labute approximate surface area is 114 Å². The van der Waals surface area contributed by atoms with Gasteiger partial charge in [0, 0.05) is 12.1 Å². The lowest BCUT2D eigenvalue weighted by Crippen LogP contribution is -2.03. The second-order valence-corrected chi connectivity index (χ2v) is 4.89. The molecule has 5 nitrogen and oxygen atoms in total. The Bertz CT molecular complexity index is 882. The Balaban J connectivity index is 2.69. The van der Waals surface area contributed by atoms with Crippen LogP contribution in [0.25, 0.3) is 21.9 Å². The van der Waals surface area contributed by atoms with Crippen molar-refractivity contribution in [3.05, 3.63) is 39.0 Å². The number of benzene rings is 2. The zero-order chi connectivity index (χ0) is 13.7. The quantitative estimate of drug-likeness (QED) is 0.553. The first-order valence-electron chi connectivity index (χ1n) is 5.29. The molecule has 0 saturated heterocycles. The molecule has 1 heterocycles. The molecule has 2 aromatic carbocycles. The zero-order valence-electron chi connectivity index (χ0n) is 9.35. The van der Waals surface area contributed by atoms with Crippen molar-refractivity contribution in [2.24, 2.45) is 0 Å². The van der Waals surface area contributed by atoms with E-state index in [0.717, 1.165) is 6.07 Å². The van der Waals surface area contributed by atoms with Crippen molar-refractivity contribution >= 4 is 37.9 Å². The summed E-state index contributed by atoms with van der Waals surface area (Å²) in [7, 11) is 0. The van der Waals surface area contributed by atoms with Crippen molar-refractivity contribution in [3.8, 4) is 17.2 Å². The molecule has 96 valence electrons. The fraction of sp³-hybridized carbons (Fsp3) is 0. The van der Waals surface area contributed by atoms with Crippen LogP contribution < -0.4 is 5.43 Å². The van der Waals surface area contributed by atoms with Crippen LogP contribution in [0.1, 0.15) is 0 Å². The van der Waals surface area contributed by atoms with Crippen molar-refractivity contribution in [2.75, 3.05) is 0 Å². The maximum Gasteiger partial charge on any atom is 0.208 e.